The largest absolute Gasteiger partial charge is 0.392 e. The maximum Gasteiger partial charge on any atom is 0.391 e. The maximum absolute atomic E-state index is 13.9. The van der Waals surface area contributed by atoms with Crippen LogP contribution >= 0.6 is 11.8 Å². The molecule has 472 valence electrons. The van der Waals surface area contributed by atoms with Crippen LogP contribution in [0.4, 0.5) is 47.8 Å². The Hall–Kier alpha value is -7.53. The van der Waals surface area contributed by atoms with Crippen molar-refractivity contribution in [1.82, 2.24) is 73.3 Å². The molecule has 14 rings (SSSR count). The molecule has 4 bridgehead atoms. The van der Waals surface area contributed by atoms with Crippen molar-refractivity contribution in [2.75, 3.05) is 125 Å². The first-order chi connectivity index (χ1) is 43.2. The second-order valence-electron chi connectivity index (χ2n) is 25.2. The average Bonchev–Trinajstić information content (AvgIpc) is 1.71. The second-order valence-corrected chi connectivity index (χ2v) is 26.2. The van der Waals surface area contributed by atoms with E-state index in [4.69, 9.17) is 24.9 Å². The summed E-state index contributed by atoms with van der Waals surface area (Å²) < 4.78 is 54.5. The van der Waals surface area contributed by atoms with Crippen LogP contribution in [0.2, 0.25) is 0 Å². The lowest BCUT2D eigenvalue weighted by Crippen LogP contribution is -2.58. The van der Waals surface area contributed by atoms with E-state index in [2.05, 4.69) is 59.8 Å². The van der Waals surface area contributed by atoms with Gasteiger partial charge >= 0.3 is 6.18 Å². The van der Waals surface area contributed by atoms with Crippen molar-refractivity contribution in [3.8, 4) is 11.3 Å². The smallest absolute Gasteiger partial charge is 0.391 e. The number of ether oxygens (including phenoxy) is 1. The second kappa shape index (κ2) is 24.7. The number of nitrogens with zero attached hydrogens (tertiary/aromatic N) is 17. The van der Waals surface area contributed by atoms with Gasteiger partial charge in [0.2, 0.25) is 29.6 Å². The van der Waals surface area contributed by atoms with E-state index in [-0.39, 0.29) is 92.8 Å². The summed E-state index contributed by atoms with van der Waals surface area (Å²) in [7, 11) is 2.06. The number of aliphatic hydroxyl groups excluding tert-OH is 1. The van der Waals surface area contributed by atoms with E-state index in [1.54, 1.807) is 43.2 Å². The van der Waals surface area contributed by atoms with Crippen molar-refractivity contribution in [2.45, 2.75) is 89.2 Å². The number of carbonyl (C=O) groups is 3. The highest BCUT2D eigenvalue weighted by atomic mass is 32.2. The monoisotopic (exact) mass is 1240 g/mol. The molecule has 1 aromatic carbocycles. The molecule has 3 unspecified atom stereocenters. The molecule has 3 amide bonds. The topological polar surface area (TPSA) is 223 Å². The zero-order valence-electron chi connectivity index (χ0n) is 50.2. The van der Waals surface area contributed by atoms with Crippen LogP contribution in [0.15, 0.2) is 73.4 Å². The molecule has 2 aliphatic carbocycles. The molecule has 3 N–H and O–H groups in total. The van der Waals surface area contributed by atoms with Crippen molar-refractivity contribution >= 4 is 75.4 Å². The number of halogens is 3. The number of nitrogens with one attached hydrogen (secondary N) is 2. The van der Waals surface area contributed by atoms with Gasteiger partial charge in [-0.1, -0.05) is 18.2 Å². The number of anilines is 6. The molecular weight excluding hydrogens is 1170 g/mol. The van der Waals surface area contributed by atoms with Crippen molar-refractivity contribution in [1.29, 1.82) is 0 Å². The molecule has 5 saturated heterocycles. The quantitative estimate of drug-likeness (QED) is 0.0936. The van der Waals surface area contributed by atoms with Crippen LogP contribution in [0, 0.1) is 23.7 Å². The SMILES string of the molecule is CSCCN1CCN(C(=O)Cn2cc(Nc3nc4c(N5CC6CCC(C5)N6C(=O)C5CC(C(F)(F)F)C5)ccc(-c5c(CO)cccc5COC5[C@@H]6CC[C@H]5CN(c5cccn7nc(Nc8cnn(CC(=O)N9CCN(C)CC9)c8)nc57)C6)n4n3)cn2)CC1. The number of aromatic nitrogens is 10. The lowest BCUT2D eigenvalue weighted by atomic mass is 9.73. The number of alkyl halides is 3. The number of carbonyl (C=O) groups excluding carboxylic acids is 3. The summed E-state index contributed by atoms with van der Waals surface area (Å²) in [6, 6.07) is 13.6. The minimum Gasteiger partial charge on any atom is -0.392 e. The molecule has 7 aliphatic rings. The average molecular weight is 1240 g/mol. The van der Waals surface area contributed by atoms with Gasteiger partial charge in [0.05, 0.1) is 66.1 Å². The number of piperidine rings is 1. The van der Waals surface area contributed by atoms with Gasteiger partial charge in [-0.2, -0.15) is 45.1 Å². The summed E-state index contributed by atoms with van der Waals surface area (Å²) in [4.78, 5) is 65.3. The number of hydrogen-bond acceptors (Lipinski definition) is 18. The Morgan fingerprint density at radius 2 is 1.33 bits per heavy atom. The predicted molar refractivity (Wildman–Crippen MR) is 329 cm³/mol. The zero-order chi connectivity index (χ0) is 61.1. The van der Waals surface area contributed by atoms with Crippen molar-refractivity contribution < 1.29 is 37.4 Å². The highest BCUT2D eigenvalue weighted by Crippen LogP contribution is 2.48. The van der Waals surface area contributed by atoms with Gasteiger partial charge in [0.25, 0.3) is 0 Å². The van der Waals surface area contributed by atoms with Gasteiger partial charge in [-0.25, -0.2) is 9.03 Å². The normalized spacial score (nSPS) is 24.1. The summed E-state index contributed by atoms with van der Waals surface area (Å²) >= 11 is 1.82. The predicted octanol–water partition coefficient (Wildman–Crippen LogP) is 5.29. The molecule has 28 heteroatoms. The summed E-state index contributed by atoms with van der Waals surface area (Å²) in [5.41, 5.74) is 7.30. The number of amides is 3. The number of pyridine rings is 2. The number of benzene rings is 1. The summed E-state index contributed by atoms with van der Waals surface area (Å²) in [6.07, 6.45) is 9.76. The first kappa shape index (κ1) is 59.1. The molecule has 7 fully saturated rings. The van der Waals surface area contributed by atoms with Crippen LogP contribution in [-0.4, -0.2) is 225 Å². The van der Waals surface area contributed by atoms with E-state index in [0.29, 0.717) is 73.5 Å². The van der Waals surface area contributed by atoms with Crippen LogP contribution in [0.3, 0.4) is 0 Å². The molecular formula is C61H76F3N19O5S. The van der Waals surface area contributed by atoms with Crippen LogP contribution in [-0.2, 0) is 45.4 Å². The lowest BCUT2D eigenvalue weighted by Gasteiger charge is -2.46. The molecule has 2 saturated carbocycles. The Morgan fingerprint density at radius 3 is 1.97 bits per heavy atom. The van der Waals surface area contributed by atoms with E-state index in [1.165, 1.54) is 0 Å². The molecule has 7 aromatic rings. The van der Waals surface area contributed by atoms with E-state index in [9.17, 15) is 32.7 Å². The molecule has 5 atom stereocenters. The highest BCUT2D eigenvalue weighted by Gasteiger charge is 2.54. The van der Waals surface area contributed by atoms with Crippen molar-refractivity contribution in [3.63, 3.8) is 0 Å². The van der Waals surface area contributed by atoms with Gasteiger partial charge < -0.3 is 49.9 Å². The summed E-state index contributed by atoms with van der Waals surface area (Å²) in [6.45, 7) is 9.89. The van der Waals surface area contributed by atoms with Crippen molar-refractivity contribution in [2.24, 2.45) is 23.7 Å². The summed E-state index contributed by atoms with van der Waals surface area (Å²) in [5.74, 6) is 0.0512. The zero-order valence-corrected chi connectivity index (χ0v) is 51.0. The maximum atomic E-state index is 13.9. The molecule has 6 aromatic heterocycles. The molecule has 0 spiro atoms. The van der Waals surface area contributed by atoms with Gasteiger partial charge in [0, 0.05) is 145 Å². The number of piperazine rings is 3. The van der Waals surface area contributed by atoms with Crippen molar-refractivity contribution in [3.05, 3.63) is 84.6 Å². The number of aliphatic hydroxyl groups is 1. The third kappa shape index (κ3) is 12.1. The van der Waals surface area contributed by atoms with E-state index >= 15 is 0 Å². The van der Waals surface area contributed by atoms with Gasteiger partial charge in [-0.15, -0.1) is 10.2 Å². The number of fused-ring (bicyclic) bond motifs is 6. The number of rotatable bonds is 19. The Bertz CT molecular complexity index is 3690. The van der Waals surface area contributed by atoms with Gasteiger partial charge in [0.15, 0.2) is 11.3 Å². The third-order valence-electron chi connectivity index (χ3n) is 19.6. The van der Waals surface area contributed by atoms with Crippen LogP contribution in [0.25, 0.3) is 22.6 Å². The Labute approximate surface area is 517 Å². The number of likely N-dealkylation sites (N-methyl/N-ethyl adjacent to an activating group) is 1. The Morgan fingerprint density at radius 1 is 0.719 bits per heavy atom. The van der Waals surface area contributed by atoms with E-state index < -0.39 is 18.0 Å². The van der Waals surface area contributed by atoms with E-state index in [0.717, 1.165) is 105 Å². The molecule has 11 heterocycles. The van der Waals surface area contributed by atoms with Gasteiger partial charge in [0.1, 0.15) is 13.1 Å². The lowest BCUT2D eigenvalue weighted by molar-refractivity contribution is -0.207. The standard InChI is InChI=1S/C61H76F3N19O5S/c1-73-15-19-75(20-16-73)52(85)35-79-31-45(27-65-79)67-59-69-56-50(7-4-14-81(56)71-59)77-29-39-8-9-40(30-77)55(39)88-38-42-6-3-5-41(37-84)54(42)49-12-13-51(78-33-47-10-11-48(34-78)82(47)58(87)43-25-44(26-43)61(62,63)64)57-70-60(72-83(49)57)68-46-28-66-80(32-46)36-53(86)76-21-17-74(18-22-76)23-24-89-2/h3-7,12-14,27-28,31-32,39-40,43-44,47-48,55,84H,8-11,15-26,29-30,33-38H2,1-2H3,(H,67,71)(H,68,72)/t39-,40+,43?,44?,47?,48?,55?. The van der Waals surface area contributed by atoms with Crippen LogP contribution in [0.1, 0.15) is 49.7 Å². The first-order valence-electron chi connectivity index (χ1n) is 31.2. The number of hydrogen-bond donors (Lipinski definition) is 3. The van der Waals surface area contributed by atoms with Gasteiger partial charge in [-0.05, 0) is 87.2 Å². The highest BCUT2D eigenvalue weighted by molar-refractivity contribution is 7.98. The fourth-order valence-corrected chi connectivity index (χ4v) is 15.2. The Kier molecular flexibility index (Phi) is 16.4. The minimum atomic E-state index is -4.29. The fourth-order valence-electron chi connectivity index (χ4n) is 14.7. The first-order valence-corrected chi connectivity index (χ1v) is 32.6. The van der Waals surface area contributed by atoms with Gasteiger partial charge in [-0.3, -0.25) is 28.6 Å². The van der Waals surface area contributed by atoms with Crippen LogP contribution in [0.5, 0.6) is 0 Å². The molecule has 0 radical (unpaired) electrons. The summed E-state index contributed by atoms with van der Waals surface area (Å²) in [5, 5.41) is 36.6. The number of thioether (sulfide) groups is 1. The van der Waals surface area contributed by atoms with E-state index in [1.807, 2.05) is 69.1 Å². The molecule has 5 aliphatic heterocycles. The third-order valence-corrected chi connectivity index (χ3v) is 20.2. The molecule has 89 heavy (non-hydrogen) atoms. The fraction of sp³-hybridized carbons (Fsp3) is 0.557. The van der Waals surface area contributed by atoms with Crippen LogP contribution < -0.4 is 20.4 Å². The molecule has 24 nitrogen and oxygen atoms in total. The minimum absolute atomic E-state index is 0.00177. The Balaban J connectivity index is 0.688.